The molecule has 0 spiro atoms. The van der Waals surface area contributed by atoms with Crippen LogP contribution in [0.3, 0.4) is 0 Å². The average Bonchev–Trinajstić information content (AvgIpc) is 2.26. The molecule has 98 valence electrons. The molecule has 0 saturated heterocycles. The topological polar surface area (TPSA) is 54.4 Å². The van der Waals surface area contributed by atoms with Crippen LogP contribution in [0.5, 0.6) is 0 Å². The summed E-state index contributed by atoms with van der Waals surface area (Å²) < 4.78 is 0. The number of hydrogen-bond donors (Lipinski definition) is 1. The number of rotatable bonds is 5. The molecule has 1 aromatic carbocycles. The molecule has 1 rings (SSSR count). The number of carbonyl (C=O) groups excluding carboxylic acids is 1. The molecule has 0 unspecified atom stereocenters. The zero-order chi connectivity index (χ0) is 13.9. The number of carboxylic acid groups (broad SMARTS) is 1. The molecule has 3 nitrogen and oxygen atoms in total. The summed E-state index contributed by atoms with van der Waals surface area (Å²) in [6.07, 6.45) is -0.155. The summed E-state index contributed by atoms with van der Waals surface area (Å²) in [5.74, 6) is -0.659. The van der Waals surface area contributed by atoms with Crippen LogP contribution in [0.4, 0.5) is 0 Å². The van der Waals surface area contributed by atoms with Gasteiger partial charge in [0.15, 0.2) is 5.78 Å². The highest BCUT2D eigenvalue weighted by atomic mass is 16.4. The number of Topliss-reactive ketones (excluding diaryl/α,β-unsaturated/α-hetero) is 1. The van der Waals surface area contributed by atoms with Crippen LogP contribution < -0.4 is 0 Å². The van der Waals surface area contributed by atoms with Crippen molar-refractivity contribution in [3.05, 3.63) is 35.4 Å². The lowest BCUT2D eigenvalue weighted by molar-refractivity contribution is -0.138. The fourth-order valence-electron chi connectivity index (χ4n) is 1.87. The highest BCUT2D eigenvalue weighted by Crippen LogP contribution is 2.26. The molecule has 0 atom stereocenters. The molecule has 0 saturated carbocycles. The van der Waals surface area contributed by atoms with Crippen LogP contribution >= 0.6 is 0 Å². The molecule has 0 radical (unpaired) electrons. The van der Waals surface area contributed by atoms with Crippen LogP contribution in [0.2, 0.25) is 0 Å². The van der Waals surface area contributed by atoms with Crippen molar-refractivity contribution in [1.29, 1.82) is 0 Å². The minimum absolute atomic E-state index is 0.125. The lowest BCUT2D eigenvalue weighted by Crippen LogP contribution is -2.27. The number of benzene rings is 1. The number of carbonyl (C=O) groups is 2. The number of ketones is 1. The molecule has 0 aromatic heterocycles. The summed E-state index contributed by atoms with van der Waals surface area (Å²) in [7, 11) is 0. The molecule has 1 aromatic rings. The third kappa shape index (κ3) is 3.42. The van der Waals surface area contributed by atoms with E-state index in [4.69, 9.17) is 5.11 Å². The van der Waals surface area contributed by atoms with E-state index in [2.05, 4.69) is 13.8 Å². The molecule has 0 aliphatic carbocycles. The van der Waals surface area contributed by atoms with Gasteiger partial charge in [0, 0.05) is 11.0 Å². The second-order valence-corrected chi connectivity index (χ2v) is 5.56. The SMILES string of the molecule is CC(C)c1ccc(C(=O)C(C)(C)CC(=O)O)cc1. The Bertz CT molecular complexity index is 441. The monoisotopic (exact) mass is 248 g/mol. The molecule has 18 heavy (non-hydrogen) atoms. The van der Waals surface area contributed by atoms with Gasteiger partial charge in [-0.1, -0.05) is 52.0 Å². The highest BCUT2D eigenvalue weighted by Gasteiger charge is 2.31. The summed E-state index contributed by atoms with van der Waals surface area (Å²) in [5, 5.41) is 8.81. The van der Waals surface area contributed by atoms with Crippen LogP contribution in [0, 0.1) is 5.41 Å². The van der Waals surface area contributed by atoms with Gasteiger partial charge in [0.2, 0.25) is 0 Å². The van der Waals surface area contributed by atoms with Crippen LogP contribution in [0.1, 0.15) is 56.0 Å². The first-order valence-electron chi connectivity index (χ1n) is 6.10. The summed E-state index contributed by atoms with van der Waals surface area (Å²) in [6.45, 7) is 7.51. The number of carboxylic acids is 1. The minimum Gasteiger partial charge on any atom is -0.481 e. The van der Waals surface area contributed by atoms with Crippen molar-refractivity contribution in [2.45, 2.75) is 40.0 Å². The van der Waals surface area contributed by atoms with E-state index in [-0.39, 0.29) is 12.2 Å². The Morgan fingerprint density at radius 3 is 2.06 bits per heavy atom. The number of hydrogen-bond acceptors (Lipinski definition) is 2. The van der Waals surface area contributed by atoms with Gasteiger partial charge in [-0.05, 0) is 11.5 Å². The predicted molar refractivity (Wildman–Crippen MR) is 70.9 cm³/mol. The molecule has 0 aliphatic heterocycles. The van der Waals surface area contributed by atoms with Crippen LogP contribution in [-0.2, 0) is 4.79 Å². The first-order chi connectivity index (χ1) is 8.24. The first kappa shape index (κ1) is 14.4. The maximum Gasteiger partial charge on any atom is 0.304 e. The van der Waals surface area contributed by atoms with Gasteiger partial charge in [0.05, 0.1) is 6.42 Å². The Morgan fingerprint density at radius 1 is 1.17 bits per heavy atom. The third-order valence-electron chi connectivity index (χ3n) is 3.05. The molecular weight excluding hydrogens is 228 g/mol. The number of aliphatic carboxylic acids is 1. The molecule has 0 heterocycles. The maximum absolute atomic E-state index is 12.2. The quantitative estimate of drug-likeness (QED) is 0.811. The molecule has 1 N–H and O–H groups in total. The normalized spacial score (nSPS) is 11.6. The van der Waals surface area contributed by atoms with Crippen LogP contribution in [-0.4, -0.2) is 16.9 Å². The van der Waals surface area contributed by atoms with E-state index in [0.29, 0.717) is 11.5 Å². The van der Waals surface area contributed by atoms with Gasteiger partial charge in [-0.2, -0.15) is 0 Å². The molecule has 3 heteroatoms. The van der Waals surface area contributed by atoms with E-state index in [1.165, 1.54) is 5.56 Å². The molecular formula is C15H20O3. The van der Waals surface area contributed by atoms with E-state index < -0.39 is 11.4 Å². The van der Waals surface area contributed by atoms with Gasteiger partial charge >= 0.3 is 5.97 Å². The highest BCUT2D eigenvalue weighted by molar-refractivity contribution is 6.01. The van der Waals surface area contributed by atoms with Crippen LogP contribution in [0.25, 0.3) is 0 Å². The summed E-state index contributed by atoms with van der Waals surface area (Å²) in [6, 6.07) is 7.41. The van der Waals surface area contributed by atoms with Gasteiger partial charge in [0.1, 0.15) is 0 Å². The van der Waals surface area contributed by atoms with Crippen molar-refractivity contribution in [2.75, 3.05) is 0 Å². The summed E-state index contributed by atoms with van der Waals surface area (Å²) in [5.41, 5.74) is 0.874. The van der Waals surface area contributed by atoms with E-state index in [9.17, 15) is 9.59 Å². The van der Waals surface area contributed by atoms with Gasteiger partial charge < -0.3 is 5.11 Å². The summed E-state index contributed by atoms with van der Waals surface area (Å²) in [4.78, 5) is 23.0. The lowest BCUT2D eigenvalue weighted by Gasteiger charge is -2.21. The van der Waals surface area contributed by atoms with E-state index in [1.54, 1.807) is 26.0 Å². The average molecular weight is 248 g/mol. The Balaban J connectivity index is 2.93. The Kier molecular flexibility index (Phi) is 4.28. The summed E-state index contributed by atoms with van der Waals surface area (Å²) >= 11 is 0. The van der Waals surface area contributed by atoms with Crippen molar-refractivity contribution < 1.29 is 14.7 Å². The molecule has 0 bridgehead atoms. The zero-order valence-corrected chi connectivity index (χ0v) is 11.4. The standard InChI is InChI=1S/C15H20O3/c1-10(2)11-5-7-12(8-6-11)14(18)15(3,4)9-13(16)17/h5-8,10H,9H2,1-4H3,(H,16,17). The Hall–Kier alpha value is -1.64. The molecule has 0 amide bonds. The van der Waals surface area contributed by atoms with Crippen LogP contribution in [0.15, 0.2) is 24.3 Å². The second kappa shape index (κ2) is 5.34. The van der Waals surface area contributed by atoms with Crippen molar-refractivity contribution in [3.63, 3.8) is 0 Å². The Labute approximate surface area is 108 Å². The maximum atomic E-state index is 12.2. The van der Waals surface area contributed by atoms with Gasteiger partial charge in [0.25, 0.3) is 0 Å². The van der Waals surface area contributed by atoms with Crippen molar-refractivity contribution >= 4 is 11.8 Å². The smallest absolute Gasteiger partial charge is 0.304 e. The van der Waals surface area contributed by atoms with Gasteiger partial charge in [-0.3, -0.25) is 9.59 Å². The fraction of sp³-hybridized carbons (Fsp3) is 0.467. The van der Waals surface area contributed by atoms with Crippen molar-refractivity contribution in [1.82, 2.24) is 0 Å². The predicted octanol–water partition coefficient (Wildman–Crippen LogP) is 3.49. The fourth-order valence-corrected chi connectivity index (χ4v) is 1.87. The van der Waals surface area contributed by atoms with Crippen molar-refractivity contribution in [2.24, 2.45) is 5.41 Å². The third-order valence-corrected chi connectivity index (χ3v) is 3.05. The lowest BCUT2D eigenvalue weighted by atomic mass is 9.81. The molecule has 0 aliphatic rings. The largest absolute Gasteiger partial charge is 0.481 e. The van der Waals surface area contributed by atoms with E-state index in [1.807, 2.05) is 12.1 Å². The van der Waals surface area contributed by atoms with Gasteiger partial charge in [-0.15, -0.1) is 0 Å². The van der Waals surface area contributed by atoms with E-state index >= 15 is 0 Å². The minimum atomic E-state index is -0.952. The van der Waals surface area contributed by atoms with E-state index in [0.717, 1.165) is 0 Å². The molecule has 0 fully saturated rings. The Morgan fingerprint density at radius 2 is 1.67 bits per heavy atom. The van der Waals surface area contributed by atoms with Gasteiger partial charge in [-0.25, -0.2) is 0 Å². The van der Waals surface area contributed by atoms with Crippen molar-refractivity contribution in [3.8, 4) is 0 Å². The first-order valence-corrected chi connectivity index (χ1v) is 6.10. The second-order valence-electron chi connectivity index (χ2n) is 5.56. The zero-order valence-electron chi connectivity index (χ0n) is 11.4.